The minimum Gasteiger partial charge on any atom is -0.459 e. The highest BCUT2D eigenvalue weighted by Crippen LogP contribution is 2.58. The molecule has 0 atom stereocenters. The fourth-order valence-electron chi connectivity index (χ4n) is 16.3. The van der Waals surface area contributed by atoms with Gasteiger partial charge >= 0.3 is 0 Å². The van der Waals surface area contributed by atoms with Crippen LogP contribution in [-0.2, 0) is 0 Å². The van der Waals surface area contributed by atoms with Gasteiger partial charge in [-0.25, -0.2) is 0 Å². The van der Waals surface area contributed by atoms with E-state index in [-0.39, 0.29) is 0 Å². The summed E-state index contributed by atoms with van der Waals surface area (Å²) in [5.41, 5.74) is 25.5. The number of allylic oxidation sites excluding steroid dienone is 3. The normalized spacial score (nSPS) is 12.2. The van der Waals surface area contributed by atoms with E-state index in [1.807, 2.05) is 25.2 Å². The smallest absolute Gasteiger partial charge is 0.159 e. The Hall–Kier alpha value is -12.9. The second kappa shape index (κ2) is 22.4. The van der Waals surface area contributed by atoms with Crippen LogP contribution in [0.5, 0.6) is 0 Å². The van der Waals surface area contributed by atoms with Crippen LogP contribution in [0.25, 0.3) is 161 Å². The number of hydrogen-bond donors (Lipinski definition) is 0. The lowest BCUT2D eigenvalue weighted by Gasteiger charge is -2.29. The van der Waals surface area contributed by atoms with Crippen molar-refractivity contribution in [3.05, 3.63) is 333 Å². The molecule has 0 aliphatic carbocycles. The first kappa shape index (κ1) is 56.6. The number of para-hydroxylation sites is 6. The van der Waals surface area contributed by atoms with Crippen LogP contribution in [0, 0.1) is 6.92 Å². The molecule has 0 spiro atoms. The standard InChI is InChI=1S/C92H62N4O2/c1-5-8-40-62-57(4)97-91-66(62)43-27-55-78(91)93(72-49-23-21-41-63(72)58-32-13-9-14-33-58)74-51-29-53-76-83(74)68-45-25-47-70-85-82(61-38-19-12-20-39-61)90-86(81(60-36-17-11-18-37-60)89(85)95(76)87(68)70)71-48-26-46-69-84-75(52-30-54-77(84)96(90)88(69)71)94(73-50-24-22-42-64(73)59-34-15-10-16-35-59)79-56-28-44-67-65(31-6-2)80(7-3)98-92(67)79/h5-56H,1,3H2,2,4H3/b31-6-,40-8-. The second-order valence-electron chi connectivity index (χ2n) is 25.3. The number of nitrogens with zero attached hydrogens (tertiary/aromatic N) is 4. The maximum Gasteiger partial charge on any atom is 0.159 e. The number of hydrogen-bond acceptors (Lipinski definition) is 4. The fraction of sp³-hybridized carbons (Fsp3) is 0.0217. The van der Waals surface area contributed by atoms with E-state index in [1.54, 1.807) is 0 Å². The molecule has 98 heavy (non-hydrogen) atoms. The third-order valence-corrected chi connectivity index (χ3v) is 20.2. The van der Waals surface area contributed by atoms with Crippen molar-refractivity contribution in [3.63, 3.8) is 0 Å². The first-order valence-corrected chi connectivity index (χ1v) is 33.5. The van der Waals surface area contributed by atoms with Crippen LogP contribution in [0.2, 0.25) is 0 Å². The highest BCUT2D eigenvalue weighted by atomic mass is 16.3. The van der Waals surface area contributed by atoms with Gasteiger partial charge in [0.25, 0.3) is 0 Å². The number of rotatable bonds is 14. The van der Waals surface area contributed by atoms with Crippen LogP contribution in [0.1, 0.15) is 29.6 Å². The summed E-state index contributed by atoms with van der Waals surface area (Å²) in [7, 11) is 0. The lowest BCUT2D eigenvalue weighted by atomic mass is 9.89. The average molecular weight is 1260 g/mol. The van der Waals surface area contributed by atoms with Crippen molar-refractivity contribution >= 4 is 150 Å². The number of anilines is 6. The number of aryl methyl sites for hydroxylation is 1. The van der Waals surface area contributed by atoms with Crippen molar-refractivity contribution in [2.75, 3.05) is 9.80 Å². The number of fused-ring (bicyclic) bond motifs is 14. The van der Waals surface area contributed by atoms with Crippen LogP contribution in [-0.4, -0.2) is 8.80 Å². The van der Waals surface area contributed by atoms with Gasteiger partial charge in [0.05, 0.1) is 67.2 Å². The second-order valence-corrected chi connectivity index (χ2v) is 25.3. The summed E-state index contributed by atoms with van der Waals surface area (Å²) in [6.07, 6.45) is 11.9. The van der Waals surface area contributed by atoms with E-state index in [4.69, 9.17) is 8.83 Å². The van der Waals surface area contributed by atoms with E-state index in [0.29, 0.717) is 0 Å². The summed E-state index contributed by atoms with van der Waals surface area (Å²) < 4.78 is 19.2. The van der Waals surface area contributed by atoms with Crippen LogP contribution < -0.4 is 9.80 Å². The van der Waals surface area contributed by atoms with Crippen molar-refractivity contribution in [1.82, 2.24) is 8.80 Å². The molecule has 19 aromatic rings. The molecule has 0 aliphatic rings. The molecule has 0 unspecified atom stereocenters. The van der Waals surface area contributed by atoms with Crippen LogP contribution in [0.4, 0.5) is 34.1 Å². The molecule has 19 rings (SSSR count). The zero-order valence-electron chi connectivity index (χ0n) is 54.0. The number of aromatic nitrogens is 2. The Labute approximate surface area is 566 Å². The summed E-state index contributed by atoms with van der Waals surface area (Å²) >= 11 is 0. The monoisotopic (exact) mass is 1250 g/mol. The lowest BCUT2D eigenvalue weighted by Crippen LogP contribution is -2.12. The topological polar surface area (TPSA) is 41.6 Å². The third kappa shape index (κ3) is 8.15. The van der Waals surface area contributed by atoms with Crippen molar-refractivity contribution in [2.24, 2.45) is 0 Å². The van der Waals surface area contributed by atoms with Gasteiger partial charge in [0.1, 0.15) is 11.5 Å². The Morgan fingerprint density at radius 2 is 0.714 bits per heavy atom. The molecule has 0 saturated heterocycles. The van der Waals surface area contributed by atoms with Crippen molar-refractivity contribution in [2.45, 2.75) is 13.8 Å². The zero-order chi connectivity index (χ0) is 65.3. The van der Waals surface area contributed by atoms with E-state index in [9.17, 15) is 0 Å². The van der Waals surface area contributed by atoms with E-state index in [1.165, 1.54) is 38.2 Å². The number of benzene rings is 13. The van der Waals surface area contributed by atoms with E-state index < -0.39 is 0 Å². The SMILES string of the molecule is C=C/C=C\c1c(C)oc2c(N(c3ccccc3-c3ccccc3)c3cccc4c3c3cccc5c6c(-c7ccccc7)c7c(c(-c8ccccc8)c6n4c35)c3cccc4c5c(N(c6ccccc6-c6ccccc6)c6cccc8c(/C=C\C)c(C=C)oc68)cccc5n7c43)cccc12. The average Bonchev–Trinajstić information content (AvgIpc) is 1.49. The molecule has 0 N–H and O–H groups in total. The van der Waals surface area contributed by atoms with Gasteiger partial charge in [0.15, 0.2) is 11.2 Å². The molecule has 6 aromatic heterocycles. The van der Waals surface area contributed by atoms with Gasteiger partial charge in [-0.15, -0.1) is 0 Å². The van der Waals surface area contributed by atoms with Gasteiger partial charge in [-0.2, -0.15) is 0 Å². The largest absolute Gasteiger partial charge is 0.459 e. The van der Waals surface area contributed by atoms with Gasteiger partial charge in [-0.3, -0.25) is 0 Å². The summed E-state index contributed by atoms with van der Waals surface area (Å²) in [4.78, 5) is 4.90. The van der Waals surface area contributed by atoms with Crippen molar-refractivity contribution in [3.8, 4) is 44.5 Å². The van der Waals surface area contributed by atoms with E-state index >= 15 is 0 Å². The highest BCUT2D eigenvalue weighted by molar-refractivity contribution is 6.39. The van der Waals surface area contributed by atoms with E-state index in [2.05, 4.69) is 336 Å². The maximum atomic E-state index is 7.00. The molecule has 0 amide bonds. The Balaban J connectivity index is 0.958. The van der Waals surface area contributed by atoms with Crippen LogP contribution >= 0.6 is 0 Å². The van der Waals surface area contributed by atoms with Gasteiger partial charge < -0.3 is 27.4 Å². The maximum absolute atomic E-state index is 7.00. The van der Waals surface area contributed by atoms with Gasteiger partial charge in [-0.05, 0) is 90.7 Å². The molecular formula is C92H62N4O2. The van der Waals surface area contributed by atoms with Gasteiger partial charge in [0, 0.05) is 87.2 Å². The zero-order valence-corrected chi connectivity index (χ0v) is 54.0. The summed E-state index contributed by atoms with van der Waals surface area (Å²) in [5, 5.41) is 11.4. The Kier molecular flexibility index (Phi) is 12.9. The molecular weight excluding hydrogens is 1190 g/mol. The predicted octanol–water partition coefficient (Wildman–Crippen LogP) is 26.3. The minimum absolute atomic E-state index is 0.731. The molecule has 6 nitrogen and oxygen atoms in total. The molecule has 0 radical (unpaired) electrons. The fourth-order valence-corrected chi connectivity index (χ4v) is 16.3. The molecule has 0 bridgehead atoms. The van der Waals surface area contributed by atoms with Crippen LogP contribution in [0.3, 0.4) is 0 Å². The highest BCUT2D eigenvalue weighted by Gasteiger charge is 2.34. The lowest BCUT2D eigenvalue weighted by molar-refractivity contribution is 0.578. The van der Waals surface area contributed by atoms with E-state index in [0.717, 1.165) is 161 Å². The van der Waals surface area contributed by atoms with Gasteiger partial charge in [0.2, 0.25) is 0 Å². The molecule has 0 saturated carbocycles. The predicted molar refractivity (Wildman–Crippen MR) is 415 cm³/mol. The molecule has 0 fully saturated rings. The van der Waals surface area contributed by atoms with Crippen LogP contribution in [0.15, 0.2) is 319 Å². The molecule has 13 aromatic carbocycles. The van der Waals surface area contributed by atoms with Crippen molar-refractivity contribution < 1.29 is 8.83 Å². The Morgan fingerprint density at radius 1 is 0.337 bits per heavy atom. The quantitative estimate of drug-likeness (QED) is 0.102. The Bertz CT molecular complexity index is 6480. The Morgan fingerprint density at radius 3 is 1.17 bits per heavy atom. The molecule has 6 heteroatoms. The number of furan rings is 2. The summed E-state index contributed by atoms with van der Waals surface area (Å²) in [6, 6.07) is 102. The molecule has 0 aliphatic heterocycles. The van der Waals surface area contributed by atoms with Crippen molar-refractivity contribution in [1.29, 1.82) is 0 Å². The summed E-state index contributed by atoms with van der Waals surface area (Å²) in [6.45, 7) is 12.4. The first-order chi connectivity index (χ1) is 48.5. The minimum atomic E-state index is 0.731. The first-order valence-electron chi connectivity index (χ1n) is 33.5. The third-order valence-electron chi connectivity index (χ3n) is 20.2. The molecule has 6 heterocycles. The summed E-state index contributed by atoms with van der Waals surface area (Å²) in [5.74, 6) is 1.57. The molecule has 462 valence electrons. The van der Waals surface area contributed by atoms with Gasteiger partial charge in [-0.1, -0.05) is 274 Å².